The van der Waals surface area contributed by atoms with Crippen molar-refractivity contribution < 1.29 is 46.6 Å². The van der Waals surface area contributed by atoms with Crippen LogP contribution >= 0.6 is 0 Å². The number of allylic oxidation sites excluding steroid dienone is 1. The van der Waals surface area contributed by atoms with Crippen LogP contribution in [0.15, 0.2) is 79.5 Å². The Balaban J connectivity index is 1.28. The number of pyridine rings is 1. The minimum atomic E-state index is -3.94. The van der Waals surface area contributed by atoms with Gasteiger partial charge in [0.1, 0.15) is 35.1 Å². The lowest BCUT2D eigenvalue weighted by atomic mass is 10.1. The number of fused-ring (bicyclic) bond motifs is 1. The minimum absolute atomic E-state index is 0.0550. The van der Waals surface area contributed by atoms with Gasteiger partial charge in [0.05, 0.1) is 18.9 Å². The molecule has 3 aromatic rings. The number of sulfonamides is 1. The van der Waals surface area contributed by atoms with E-state index in [1.165, 1.54) is 17.1 Å². The second-order valence-corrected chi connectivity index (χ2v) is 17.8. The molecule has 0 radical (unpaired) electrons. The van der Waals surface area contributed by atoms with E-state index in [1.54, 1.807) is 58.4 Å². The van der Waals surface area contributed by atoms with Crippen LogP contribution in [0.25, 0.3) is 16.8 Å². The van der Waals surface area contributed by atoms with Crippen LogP contribution in [0.1, 0.15) is 64.9 Å². The predicted octanol–water partition coefficient (Wildman–Crippen LogP) is 4.22. The number of carbonyl (C=O) groups is 5. The van der Waals surface area contributed by atoms with Crippen LogP contribution in [0.3, 0.4) is 0 Å². The molecule has 0 unspecified atom stereocenters. The molecule has 0 spiro atoms. The zero-order valence-corrected chi connectivity index (χ0v) is 33.8. The number of aromatic nitrogens is 1. The lowest BCUT2D eigenvalue weighted by Gasteiger charge is -2.30. The lowest BCUT2D eigenvalue weighted by Crippen LogP contribution is -2.58. The van der Waals surface area contributed by atoms with Gasteiger partial charge in [0.15, 0.2) is 5.78 Å². The molecule has 3 fully saturated rings. The molecule has 3 N–H and O–H groups in total. The molecule has 2 heterocycles. The number of carbonyl (C=O) groups excluding carboxylic acids is 5. The van der Waals surface area contributed by atoms with Crippen molar-refractivity contribution >= 4 is 56.5 Å². The number of hydrogen-bond donors (Lipinski definition) is 3. The second kappa shape index (κ2) is 17.0. The SMILES string of the molecule is C=C[C@@H]1C[C@]1(NC(=O)[C@@H]1C[C@@H](Oc2nccc3cc(OC)ccc23)CN1C(=O)[C@H](CCC(=O)/C=C/c1ccccc1)NC(=O)OC(C)(C)C)C(=O)NS(=O)(=O)C1CC1. The summed E-state index contributed by atoms with van der Waals surface area (Å²) in [6.07, 6.45) is 5.01. The summed E-state index contributed by atoms with van der Waals surface area (Å²) in [6, 6.07) is 13.8. The molecule has 1 aliphatic heterocycles. The van der Waals surface area contributed by atoms with Crippen molar-refractivity contribution in [2.24, 2.45) is 5.92 Å². The summed E-state index contributed by atoms with van der Waals surface area (Å²) < 4.78 is 44.8. The quantitative estimate of drug-likeness (QED) is 0.138. The average molecular weight is 816 g/mol. The third-order valence-corrected chi connectivity index (χ3v) is 12.1. The van der Waals surface area contributed by atoms with Gasteiger partial charge in [-0.15, -0.1) is 6.58 Å². The summed E-state index contributed by atoms with van der Waals surface area (Å²) in [5.41, 5.74) is -1.72. The van der Waals surface area contributed by atoms with E-state index < -0.39 is 74.3 Å². The van der Waals surface area contributed by atoms with Crippen LogP contribution in [0.2, 0.25) is 0 Å². The van der Waals surface area contributed by atoms with E-state index >= 15 is 0 Å². The first-order valence-electron chi connectivity index (χ1n) is 19.2. The highest BCUT2D eigenvalue weighted by Gasteiger charge is 2.62. The molecule has 1 aromatic heterocycles. The number of benzene rings is 2. The number of nitrogens with one attached hydrogen (secondary N) is 3. The Bertz CT molecular complexity index is 2220. The van der Waals surface area contributed by atoms with Gasteiger partial charge in [-0.3, -0.25) is 23.9 Å². The normalized spacial score (nSPS) is 22.1. The van der Waals surface area contributed by atoms with Crippen molar-refractivity contribution in [3.63, 3.8) is 0 Å². The van der Waals surface area contributed by atoms with Crippen molar-refractivity contribution in [1.82, 2.24) is 25.2 Å². The fourth-order valence-corrected chi connectivity index (χ4v) is 8.30. The summed E-state index contributed by atoms with van der Waals surface area (Å²) in [5.74, 6) is -2.33. The van der Waals surface area contributed by atoms with E-state index in [4.69, 9.17) is 14.2 Å². The number of hydrogen-bond acceptors (Lipinski definition) is 11. The molecule has 2 aliphatic carbocycles. The summed E-state index contributed by atoms with van der Waals surface area (Å²) in [5, 5.41) is 6.11. The lowest BCUT2D eigenvalue weighted by molar-refractivity contribution is -0.141. The van der Waals surface area contributed by atoms with Crippen molar-refractivity contribution in [2.75, 3.05) is 13.7 Å². The van der Waals surface area contributed by atoms with Crippen molar-refractivity contribution in [2.45, 2.75) is 93.9 Å². The van der Waals surface area contributed by atoms with E-state index in [0.717, 1.165) is 10.9 Å². The maximum absolute atomic E-state index is 14.6. The topological polar surface area (TPSA) is 199 Å². The molecule has 58 heavy (non-hydrogen) atoms. The molecule has 0 bridgehead atoms. The number of nitrogens with zero attached hydrogens (tertiary/aromatic N) is 2. The second-order valence-electron chi connectivity index (χ2n) is 15.8. The highest BCUT2D eigenvalue weighted by molar-refractivity contribution is 7.91. The fraction of sp³-hybridized carbons (Fsp3) is 0.429. The molecule has 16 heteroatoms. The molecule has 3 aliphatic rings. The molecule has 1 saturated heterocycles. The molecular formula is C42H49N5O10S. The number of ether oxygens (including phenoxy) is 3. The molecule has 4 amide bonds. The molecule has 308 valence electrons. The van der Waals surface area contributed by atoms with Gasteiger partial charge in [0, 0.05) is 30.3 Å². The number of likely N-dealkylation sites (tertiary alicyclic amines) is 1. The summed E-state index contributed by atoms with van der Waals surface area (Å²) in [6.45, 7) is 8.62. The first-order valence-corrected chi connectivity index (χ1v) is 20.7. The number of methoxy groups -OCH3 is 1. The van der Waals surface area contributed by atoms with E-state index in [2.05, 4.69) is 26.9 Å². The maximum Gasteiger partial charge on any atom is 0.408 e. The van der Waals surface area contributed by atoms with Gasteiger partial charge in [0.2, 0.25) is 27.7 Å². The smallest absolute Gasteiger partial charge is 0.408 e. The van der Waals surface area contributed by atoms with Gasteiger partial charge in [0.25, 0.3) is 5.91 Å². The van der Waals surface area contributed by atoms with Gasteiger partial charge in [-0.25, -0.2) is 18.2 Å². The highest BCUT2D eigenvalue weighted by atomic mass is 32.2. The van der Waals surface area contributed by atoms with Crippen LogP contribution in [0, 0.1) is 5.92 Å². The van der Waals surface area contributed by atoms with E-state index in [9.17, 15) is 32.4 Å². The molecule has 15 nitrogen and oxygen atoms in total. The number of amides is 4. The van der Waals surface area contributed by atoms with Crippen molar-refractivity contribution in [1.29, 1.82) is 0 Å². The van der Waals surface area contributed by atoms with E-state index in [1.807, 2.05) is 36.4 Å². The molecule has 5 atom stereocenters. The Morgan fingerprint density at radius 1 is 1.07 bits per heavy atom. The minimum Gasteiger partial charge on any atom is -0.497 e. The van der Waals surface area contributed by atoms with Crippen LogP contribution in [-0.4, -0.2) is 96.1 Å². The van der Waals surface area contributed by atoms with Gasteiger partial charge in [-0.2, -0.15) is 0 Å². The number of alkyl carbamates (subject to hydrolysis) is 1. The van der Waals surface area contributed by atoms with Crippen LogP contribution in [0.5, 0.6) is 11.6 Å². The molecule has 2 saturated carbocycles. The number of rotatable bonds is 16. The van der Waals surface area contributed by atoms with Gasteiger partial charge in [-0.1, -0.05) is 42.5 Å². The zero-order valence-electron chi connectivity index (χ0n) is 32.9. The Morgan fingerprint density at radius 2 is 1.81 bits per heavy atom. The van der Waals surface area contributed by atoms with Crippen molar-refractivity contribution in [3.05, 3.63) is 85.1 Å². The monoisotopic (exact) mass is 815 g/mol. The largest absolute Gasteiger partial charge is 0.497 e. The van der Waals surface area contributed by atoms with Crippen molar-refractivity contribution in [3.8, 4) is 11.6 Å². The number of ketones is 1. The standard InChI is InChI=1S/C42H49N5O10S/c1-6-28-24-42(28,39(51)46-58(53,54)32-16-17-32)45-36(49)35-23-31(56-37-33-18-15-30(55-5)22-27(33)20-21-43-37)25-47(35)38(50)34(44-40(52)57-41(2,3)4)19-14-29(48)13-12-26-10-8-7-9-11-26/h6-13,15,18,20-22,28,31-32,34-35H,1,14,16-17,19,23-25H2,2-5H3,(H,44,52)(H,45,49)(H,46,51)/b13-12+/t28-,31-,34+,35+,42-/m1/s1. The first kappa shape index (κ1) is 41.9. The van der Waals surface area contributed by atoms with Crippen LogP contribution < -0.4 is 24.8 Å². The Labute approximate surface area is 337 Å². The molecule has 6 rings (SSSR count). The van der Waals surface area contributed by atoms with E-state index in [0.29, 0.717) is 24.0 Å². The third kappa shape index (κ3) is 10.0. The summed E-state index contributed by atoms with van der Waals surface area (Å²) >= 11 is 0. The average Bonchev–Trinajstić information content (AvgIpc) is 4.11. The van der Waals surface area contributed by atoms with E-state index in [-0.39, 0.29) is 43.9 Å². The Kier molecular flexibility index (Phi) is 12.3. The Morgan fingerprint density at radius 3 is 2.47 bits per heavy atom. The third-order valence-electron chi connectivity index (χ3n) is 10.2. The molecular weight excluding hydrogens is 767 g/mol. The first-order chi connectivity index (χ1) is 27.5. The zero-order chi connectivity index (χ0) is 41.8. The van der Waals surface area contributed by atoms with Gasteiger partial charge < -0.3 is 29.7 Å². The van der Waals surface area contributed by atoms with Crippen LogP contribution in [-0.2, 0) is 33.9 Å². The highest BCUT2D eigenvalue weighted by Crippen LogP contribution is 2.45. The summed E-state index contributed by atoms with van der Waals surface area (Å²) in [7, 11) is -2.39. The van der Waals surface area contributed by atoms with Crippen LogP contribution in [0.4, 0.5) is 4.79 Å². The maximum atomic E-state index is 14.6. The fourth-order valence-electron chi connectivity index (χ4n) is 6.93. The molecule has 2 aromatic carbocycles. The summed E-state index contributed by atoms with van der Waals surface area (Å²) in [4.78, 5) is 74.4. The Hall–Kier alpha value is -5.77. The predicted molar refractivity (Wildman–Crippen MR) is 215 cm³/mol. The van der Waals surface area contributed by atoms with Gasteiger partial charge >= 0.3 is 6.09 Å². The van der Waals surface area contributed by atoms with Gasteiger partial charge in [-0.05, 0) is 87.7 Å².